The van der Waals surface area contributed by atoms with E-state index in [9.17, 15) is 0 Å². The quantitative estimate of drug-likeness (QED) is 0.735. The molecule has 0 aliphatic rings. The zero-order valence-electron chi connectivity index (χ0n) is 12.4. The maximum absolute atomic E-state index is 4.49. The molecule has 104 valence electrons. The van der Waals surface area contributed by atoms with Crippen LogP contribution in [-0.4, -0.2) is 36.1 Å². The van der Waals surface area contributed by atoms with Crippen LogP contribution in [0.4, 0.5) is 0 Å². The Hall–Kier alpha value is -0.450. The molecular weight excluding hydrogens is 242 g/mol. The van der Waals surface area contributed by atoms with Gasteiger partial charge in [0.1, 0.15) is 0 Å². The van der Waals surface area contributed by atoms with Gasteiger partial charge in [-0.2, -0.15) is 0 Å². The number of thiazole rings is 1. The summed E-state index contributed by atoms with van der Waals surface area (Å²) in [5.74, 6) is 0. The summed E-state index contributed by atoms with van der Waals surface area (Å²) in [6.45, 7) is 15.4. The summed E-state index contributed by atoms with van der Waals surface area (Å²) < 4.78 is 0. The van der Waals surface area contributed by atoms with Gasteiger partial charge < -0.3 is 10.2 Å². The molecule has 1 aromatic heterocycles. The predicted molar refractivity (Wildman–Crippen MR) is 80.4 cm³/mol. The maximum atomic E-state index is 4.49. The second kappa shape index (κ2) is 7.87. The minimum atomic E-state index is 0.424. The van der Waals surface area contributed by atoms with Crippen LogP contribution in [0.15, 0.2) is 0 Å². The molecule has 4 heteroatoms. The van der Waals surface area contributed by atoms with E-state index in [1.807, 2.05) is 11.3 Å². The number of hydrogen-bond donors (Lipinski definition) is 1. The number of nitrogens with zero attached hydrogens (tertiary/aromatic N) is 2. The third-order valence-electron chi connectivity index (χ3n) is 3.33. The van der Waals surface area contributed by atoms with Gasteiger partial charge in [-0.3, -0.25) is 0 Å². The molecular formula is C14H27N3S. The van der Waals surface area contributed by atoms with Gasteiger partial charge in [0.15, 0.2) is 0 Å². The molecule has 0 saturated carbocycles. The van der Waals surface area contributed by atoms with Gasteiger partial charge in [-0.25, -0.2) is 4.98 Å². The first-order valence-corrected chi connectivity index (χ1v) is 7.79. The van der Waals surface area contributed by atoms with Gasteiger partial charge in [-0.15, -0.1) is 11.3 Å². The molecule has 1 N–H and O–H groups in total. The van der Waals surface area contributed by atoms with Crippen LogP contribution in [0.1, 0.15) is 48.8 Å². The van der Waals surface area contributed by atoms with E-state index in [2.05, 4.69) is 49.8 Å². The standard InChI is InChI=1S/C14H27N3S/c1-6-17(7-2)10-8-9-15-11(3)14-12(4)16-13(5)18-14/h11,15H,6-10H2,1-5H3. The zero-order chi connectivity index (χ0) is 13.5. The van der Waals surface area contributed by atoms with Crippen LogP contribution < -0.4 is 5.32 Å². The maximum Gasteiger partial charge on any atom is 0.0900 e. The van der Waals surface area contributed by atoms with Crippen molar-refractivity contribution in [1.82, 2.24) is 15.2 Å². The normalized spacial score (nSPS) is 13.2. The van der Waals surface area contributed by atoms with Crippen LogP contribution in [0.2, 0.25) is 0 Å². The van der Waals surface area contributed by atoms with E-state index in [0.29, 0.717) is 6.04 Å². The third-order valence-corrected chi connectivity index (χ3v) is 4.58. The highest BCUT2D eigenvalue weighted by Crippen LogP contribution is 2.24. The lowest BCUT2D eigenvalue weighted by molar-refractivity contribution is 0.296. The average Bonchev–Trinajstić information content (AvgIpc) is 2.68. The Bertz CT molecular complexity index is 345. The van der Waals surface area contributed by atoms with Crippen molar-refractivity contribution >= 4 is 11.3 Å². The lowest BCUT2D eigenvalue weighted by Crippen LogP contribution is -2.28. The fourth-order valence-electron chi connectivity index (χ4n) is 2.20. The lowest BCUT2D eigenvalue weighted by Gasteiger charge is -2.19. The molecule has 0 fully saturated rings. The van der Waals surface area contributed by atoms with Crippen molar-refractivity contribution in [2.24, 2.45) is 0 Å². The van der Waals surface area contributed by atoms with Gasteiger partial charge in [0.2, 0.25) is 0 Å². The van der Waals surface area contributed by atoms with E-state index >= 15 is 0 Å². The first kappa shape index (κ1) is 15.6. The van der Waals surface area contributed by atoms with Crippen LogP contribution in [0, 0.1) is 13.8 Å². The molecule has 0 amide bonds. The van der Waals surface area contributed by atoms with E-state index in [-0.39, 0.29) is 0 Å². The summed E-state index contributed by atoms with van der Waals surface area (Å²) in [5, 5.41) is 4.77. The molecule has 1 unspecified atom stereocenters. The minimum Gasteiger partial charge on any atom is -0.309 e. The highest BCUT2D eigenvalue weighted by Gasteiger charge is 2.11. The number of aryl methyl sites for hydroxylation is 2. The van der Waals surface area contributed by atoms with Crippen molar-refractivity contribution in [1.29, 1.82) is 0 Å². The van der Waals surface area contributed by atoms with Crippen LogP contribution in [0.3, 0.4) is 0 Å². The van der Waals surface area contributed by atoms with Gasteiger partial charge in [-0.1, -0.05) is 13.8 Å². The number of nitrogens with one attached hydrogen (secondary N) is 1. The Balaban J connectivity index is 2.29. The first-order chi connectivity index (χ1) is 8.58. The van der Waals surface area contributed by atoms with Gasteiger partial charge in [0.25, 0.3) is 0 Å². The smallest absolute Gasteiger partial charge is 0.0900 e. The van der Waals surface area contributed by atoms with Crippen molar-refractivity contribution in [2.45, 2.75) is 47.1 Å². The molecule has 1 rings (SSSR count). The highest BCUT2D eigenvalue weighted by atomic mass is 32.1. The van der Waals surface area contributed by atoms with Crippen LogP contribution in [0.25, 0.3) is 0 Å². The molecule has 18 heavy (non-hydrogen) atoms. The largest absolute Gasteiger partial charge is 0.309 e. The van der Waals surface area contributed by atoms with Gasteiger partial charge >= 0.3 is 0 Å². The Kier molecular flexibility index (Phi) is 6.82. The van der Waals surface area contributed by atoms with E-state index in [1.165, 1.54) is 28.5 Å². The monoisotopic (exact) mass is 269 g/mol. The van der Waals surface area contributed by atoms with E-state index in [1.54, 1.807) is 0 Å². The van der Waals surface area contributed by atoms with Crippen LogP contribution in [-0.2, 0) is 0 Å². The Morgan fingerprint density at radius 1 is 1.28 bits per heavy atom. The average molecular weight is 269 g/mol. The van der Waals surface area contributed by atoms with Crippen molar-refractivity contribution in [3.05, 3.63) is 15.6 Å². The van der Waals surface area contributed by atoms with Crippen molar-refractivity contribution in [3.8, 4) is 0 Å². The van der Waals surface area contributed by atoms with Crippen LogP contribution in [0.5, 0.6) is 0 Å². The highest BCUT2D eigenvalue weighted by molar-refractivity contribution is 7.11. The Morgan fingerprint density at radius 2 is 1.94 bits per heavy atom. The molecule has 0 aromatic carbocycles. The summed E-state index contributed by atoms with van der Waals surface area (Å²) in [7, 11) is 0. The second-order valence-electron chi connectivity index (χ2n) is 4.74. The van der Waals surface area contributed by atoms with Gasteiger partial charge in [0, 0.05) is 10.9 Å². The fraction of sp³-hybridized carbons (Fsp3) is 0.786. The molecule has 1 atom stereocenters. The van der Waals surface area contributed by atoms with Gasteiger partial charge in [-0.05, 0) is 53.4 Å². The fourth-order valence-corrected chi connectivity index (χ4v) is 3.16. The molecule has 0 bridgehead atoms. The lowest BCUT2D eigenvalue weighted by atomic mass is 10.2. The first-order valence-electron chi connectivity index (χ1n) is 6.98. The van der Waals surface area contributed by atoms with E-state index in [0.717, 1.165) is 19.6 Å². The molecule has 3 nitrogen and oxygen atoms in total. The zero-order valence-corrected chi connectivity index (χ0v) is 13.2. The summed E-state index contributed by atoms with van der Waals surface area (Å²) in [6.07, 6.45) is 1.21. The molecule has 0 spiro atoms. The predicted octanol–water partition coefficient (Wildman–Crippen LogP) is 3.14. The SMILES string of the molecule is CCN(CC)CCCNC(C)c1sc(C)nc1C. The summed E-state index contributed by atoms with van der Waals surface area (Å²) in [5.41, 5.74) is 1.18. The summed E-state index contributed by atoms with van der Waals surface area (Å²) in [6, 6.07) is 0.424. The third kappa shape index (κ3) is 4.67. The molecule has 0 aliphatic carbocycles. The summed E-state index contributed by atoms with van der Waals surface area (Å²) in [4.78, 5) is 8.34. The van der Waals surface area contributed by atoms with E-state index < -0.39 is 0 Å². The van der Waals surface area contributed by atoms with Crippen molar-refractivity contribution in [2.75, 3.05) is 26.2 Å². The molecule has 1 aromatic rings. The number of rotatable bonds is 8. The van der Waals surface area contributed by atoms with Crippen molar-refractivity contribution in [3.63, 3.8) is 0 Å². The van der Waals surface area contributed by atoms with E-state index in [4.69, 9.17) is 0 Å². The Labute approximate surface area is 116 Å². The minimum absolute atomic E-state index is 0.424. The van der Waals surface area contributed by atoms with Crippen molar-refractivity contribution < 1.29 is 0 Å². The van der Waals surface area contributed by atoms with Crippen LogP contribution >= 0.6 is 11.3 Å². The van der Waals surface area contributed by atoms with Gasteiger partial charge in [0.05, 0.1) is 10.7 Å². The molecule has 0 saturated heterocycles. The molecule has 0 aliphatic heterocycles. The molecule has 1 heterocycles. The topological polar surface area (TPSA) is 28.2 Å². The summed E-state index contributed by atoms with van der Waals surface area (Å²) >= 11 is 1.81. The second-order valence-corrected chi connectivity index (χ2v) is 5.97. The Morgan fingerprint density at radius 3 is 2.44 bits per heavy atom. The number of aromatic nitrogens is 1. The number of hydrogen-bond acceptors (Lipinski definition) is 4. The molecule has 0 radical (unpaired) electrons.